The van der Waals surface area contributed by atoms with E-state index in [1.54, 1.807) is 0 Å². The molecule has 0 N–H and O–H groups in total. The summed E-state index contributed by atoms with van der Waals surface area (Å²) in [5.74, 6) is 0. The Morgan fingerprint density at radius 2 is 0.222 bits per heavy atom. The Labute approximate surface area is 595 Å². The van der Waals surface area contributed by atoms with Gasteiger partial charge in [-0.05, 0) is 204 Å². The Balaban J connectivity index is 0.000000217. The highest BCUT2D eigenvalue weighted by Crippen LogP contribution is 2.43. The van der Waals surface area contributed by atoms with Crippen LogP contribution in [0, 0.1) is 0 Å². The lowest BCUT2D eigenvalue weighted by Gasteiger charge is -2.29. The average molecular weight is 1300 g/mol. The first-order chi connectivity index (χ1) is 48.5. The van der Waals surface area contributed by atoms with Crippen LogP contribution in [0.15, 0.2) is 370 Å². The van der Waals surface area contributed by atoms with Crippen molar-refractivity contribution in [1.29, 1.82) is 0 Å². The van der Waals surface area contributed by atoms with Gasteiger partial charge in [-0.3, -0.25) is 0 Å². The Bertz CT molecular complexity index is 3870. The Hall–Kier alpha value is -11.1. The fourth-order valence-corrected chi connectivity index (χ4v) is 11.2. The molecule has 0 unspecified atom stereocenters. The summed E-state index contributed by atoms with van der Waals surface area (Å²) < 4.78 is 0. The molecule has 0 aromatic heterocycles. The molecule has 0 atom stereocenters. The second-order valence-corrected chi connectivity index (χ2v) is 24.3. The van der Waals surface area contributed by atoms with Crippen LogP contribution in [0.2, 0.25) is 0 Å². The molecule has 5 nitrogen and oxygen atoms in total. The Morgan fingerprint density at radius 1 is 0.131 bits per heavy atom. The van der Waals surface area contributed by atoms with E-state index in [2.05, 4.69) is 418 Å². The fraction of sp³-hybridized carbons (Fsp3) is 0.170. The third kappa shape index (κ3) is 20.9. The lowest BCUT2D eigenvalue weighted by Crippen LogP contribution is -2.14. The minimum Gasteiger partial charge on any atom is -0.311 e. The summed E-state index contributed by atoms with van der Waals surface area (Å²) in [6.45, 7) is 29.5. The molecule has 13 aromatic rings. The molecule has 0 saturated carbocycles. The first-order valence-electron chi connectivity index (χ1n) is 35.3. The van der Waals surface area contributed by atoms with Crippen LogP contribution in [-0.2, 0) is 10.8 Å². The maximum absolute atomic E-state index is 2.32. The van der Waals surface area contributed by atoms with Crippen LogP contribution in [0.5, 0.6) is 0 Å². The van der Waals surface area contributed by atoms with Gasteiger partial charge in [0.2, 0.25) is 0 Å². The zero-order valence-electron chi connectivity index (χ0n) is 61.0. The van der Waals surface area contributed by atoms with Gasteiger partial charge in [0.15, 0.2) is 0 Å². The topological polar surface area (TPSA) is 16.2 Å². The van der Waals surface area contributed by atoms with E-state index < -0.39 is 0 Å². The quantitative estimate of drug-likeness (QED) is 0.101. The maximum Gasteiger partial charge on any atom is 0.0463 e. The molecule has 0 heterocycles. The fourth-order valence-electron chi connectivity index (χ4n) is 11.2. The molecule has 0 fully saturated rings. The van der Waals surface area contributed by atoms with Crippen molar-refractivity contribution >= 4 is 85.3 Å². The molecule has 0 saturated heterocycles. The molecule has 0 aliphatic heterocycles. The van der Waals surface area contributed by atoms with Gasteiger partial charge in [-0.15, -0.1) is 0 Å². The van der Waals surface area contributed by atoms with Crippen molar-refractivity contribution in [2.75, 3.05) is 24.5 Å². The molecule has 0 spiro atoms. The zero-order valence-corrected chi connectivity index (χ0v) is 61.0. The SMILES string of the molecule is CC.CC.CC.CC.CC(C)(C)c1ccc(N(c2ccccc2)c2ccc(C(C)(C)C)cc2)cc1.c1ccc(N(c2ccccc2)c2ccc(N(c3ccccc3)c3ccc(N(c4ccccc4)c4ccccc4)cc3)cc2)cc1.c1ccc(N(c2ccccc2)c2ccccc2)cc1. The molecule has 504 valence electrons. The zero-order chi connectivity index (χ0) is 70.8. The van der Waals surface area contributed by atoms with Gasteiger partial charge in [-0.1, -0.05) is 285 Å². The molecule has 5 heteroatoms. The van der Waals surface area contributed by atoms with Gasteiger partial charge in [0.25, 0.3) is 0 Å². The Morgan fingerprint density at radius 3 is 0.323 bits per heavy atom. The van der Waals surface area contributed by atoms with E-state index in [0.717, 1.165) is 51.2 Å². The van der Waals surface area contributed by atoms with Crippen molar-refractivity contribution in [2.45, 2.75) is 108 Å². The number of anilines is 15. The van der Waals surface area contributed by atoms with Gasteiger partial charge >= 0.3 is 0 Å². The summed E-state index contributed by atoms with van der Waals surface area (Å²) >= 11 is 0. The summed E-state index contributed by atoms with van der Waals surface area (Å²) in [4.78, 5) is 11.4. The highest BCUT2D eigenvalue weighted by atomic mass is 15.2. The smallest absolute Gasteiger partial charge is 0.0463 e. The normalized spacial score (nSPS) is 10.3. The molecule has 0 radical (unpaired) electrons. The van der Waals surface area contributed by atoms with Gasteiger partial charge < -0.3 is 24.5 Å². The number of benzene rings is 13. The van der Waals surface area contributed by atoms with Crippen molar-refractivity contribution in [3.63, 3.8) is 0 Å². The summed E-state index contributed by atoms with van der Waals surface area (Å²) in [5.41, 5.74) is 20.0. The molecule has 0 aliphatic carbocycles. The second-order valence-electron chi connectivity index (χ2n) is 24.3. The van der Waals surface area contributed by atoms with Crippen LogP contribution in [0.3, 0.4) is 0 Å². The van der Waals surface area contributed by atoms with Gasteiger partial charge in [0.05, 0.1) is 0 Å². The minimum absolute atomic E-state index is 0.157. The number of hydrogen-bond acceptors (Lipinski definition) is 5. The lowest BCUT2D eigenvalue weighted by atomic mass is 9.86. The van der Waals surface area contributed by atoms with Crippen LogP contribution < -0.4 is 24.5 Å². The maximum atomic E-state index is 2.32. The van der Waals surface area contributed by atoms with E-state index in [1.807, 2.05) is 73.6 Å². The standard InChI is InChI=1S/C42H33N3.C26H31N.C18H15N.4C2H6/c1-6-16-34(17-7-1)43(35-18-8-2-9-19-35)39-26-30-41(31-27-39)45(38-24-14-5-15-25-38)42-32-28-40(29-33-42)44(36-20-10-3-11-21-36)37-22-12-4-13-23-37;1-25(2,3)20-12-16-23(17-13-20)27(22-10-8-7-9-11-22)24-18-14-21(15-19-24)26(4,5)6;1-4-10-16(11-5-1)19(17-12-6-2-7-13-17)18-14-8-3-9-15-18;4*1-2/h1-33H;7-19H,1-6H3;1-15H;4*1-2H3. The molecule has 0 amide bonds. The van der Waals surface area contributed by atoms with Crippen LogP contribution in [0.1, 0.15) is 108 Å². The minimum atomic E-state index is 0.157. The third-order valence-electron chi connectivity index (χ3n) is 15.8. The summed E-state index contributed by atoms with van der Waals surface area (Å²) in [7, 11) is 0. The molecule has 0 aliphatic rings. The van der Waals surface area contributed by atoms with Crippen LogP contribution >= 0.6 is 0 Å². The third-order valence-corrected chi connectivity index (χ3v) is 15.8. The van der Waals surface area contributed by atoms with Crippen LogP contribution in [0.4, 0.5) is 85.3 Å². The number of para-hydroxylation sites is 9. The van der Waals surface area contributed by atoms with E-state index >= 15 is 0 Å². The van der Waals surface area contributed by atoms with Crippen LogP contribution in [-0.4, -0.2) is 0 Å². The second kappa shape index (κ2) is 39.2. The number of nitrogens with zero attached hydrogens (tertiary/aromatic N) is 5. The summed E-state index contributed by atoms with van der Waals surface area (Å²) in [5, 5.41) is 0. The summed E-state index contributed by atoms with van der Waals surface area (Å²) in [6.07, 6.45) is 0. The van der Waals surface area contributed by atoms with Crippen molar-refractivity contribution in [1.82, 2.24) is 0 Å². The van der Waals surface area contributed by atoms with Gasteiger partial charge in [0, 0.05) is 85.3 Å². The van der Waals surface area contributed by atoms with E-state index in [1.165, 1.54) is 45.3 Å². The highest BCUT2D eigenvalue weighted by molar-refractivity contribution is 5.84. The molecule has 0 bridgehead atoms. The average Bonchev–Trinajstić information content (AvgIpc) is 0.936. The van der Waals surface area contributed by atoms with E-state index in [-0.39, 0.29) is 10.8 Å². The first kappa shape index (κ1) is 75.2. The largest absolute Gasteiger partial charge is 0.311 e. The highest BCUT2D eigenvalue weighted by Gasteiger charge is 2.21. The van der Waals surface area contributed by atoms with E-state index in [0.29, 0.717) is 0 Å². The predicted octanol–water partition coefficient (Wildman–Crippen LogP) is 29.1. The van der Waals surface area contributed by atoms with Crippen molar-refractivity contribution in [3.8, 4) is 0 Å². The van der Waals surface area contributed by atoms with Crippen molar-refractivity contribution in [3.05, 3.63) is 381 Å². The number of rotatable bonds is 15. The van der Waals surface area contributed by atoms with Gasteiger partial charge in [-0.25, -0.2) is 0 Å². The van der Waals surface area contributed by atoms with Crippen molar-refractivity contribution in [2.24, 2.45) is 0 Å². The van der Waals surface area contributed by atoms with E-state index in [4.69, 9.17) is 0 Å². The van der Waals surface area contributed by atoms with Gasteiger partial charge in [-0.2, -0.15) is 0 Å². The lowest BCUT2D eigenvalue weighted by molar-refractivity contribution is 0.590. The first-order valence-corrected chi connectivity index (χ1v) is 35.3. The van der Waals surface area contributed by atoms with Crippen molar-refractivity contribution < 1.29 is 0 Å². The predicted molar refractivity (Wildman–Crippen MR) is 436 cm³/mol. The van der Waals surface area contributed by atoms with Gasteiger partial charge in [0.1, 0.15) is 0 Å². The Kier molecular flexibility index (Phi) is 29.8. The number of hydrogen-bond donors (Lipinski definition) is 0. The van der Waals surface area contributed by atoms with Crippen LogP contribution in [0.25, 0.3) is 0 Å². The molecular weight excluding hydrogens is 1200 g/mol. The molecular formula is C94H103N5. The molecule has 13 aromatic carbocycles. The monoisotopic (exact) mass is 1300 g/mol. The molecule has 13 rings (SSSR count). The van der Waals surface area contributed by atoms with E-state index in [9.17, 15) is 0 Å². The molecule has 99 heavy (non-hydrogen) atoms. The summed E-state index contributed by atoms with van der Waals surface area (Å²) in [6, 6.07) is 130.